The predicted molar refractivity (Wildman–Crippen MR) is 174 cm³/mol. The maximum atomic E-state index is 12.1. The van der Waals surface area contributed by atoms with E-state index in [1.54, 1.807) is 44.2 Å². The SMILES string of the molecule is BrP(Br)Br.CCOC(=O)C1=CCc2ccc(OC)nc2C1=O.CCOC(=O)c1cnc2ccc(OC)nc2c1Br.[2H]CF. The van der Waals surface area contributed by atoms with Gasteiger partial charge in [0.25, 0.3) is 0 Å². The van der Waals surface area contributed by atoms with E-state index in [-0.39, 0.29) is 21.9 Å². The molecule has 3 heterocycles. The zero-order valence-corrected chi connectivity index (χ0v) is 30.1. The lowest BCUT2D eigenvalue weighted by Crippen LogP contribution is -2.22. The van der Waals surface area contributed by atoms with Gasteiger partial charge in [-0.05, 0) is 94.3 Å². The Morgan fingerprint density at radius 2 is 1.55 bits per heavy atom. The number of ether oxygens (including phenoxy) is 4. The summed E-state index contributed by atoms with van der Waals surface area (Å²) in [4.78, 5) is 47.9. The van der Waals surface area contributed by atoms with Crippen molar-refractivity contribution in [3.05, 3.63) is 63.4 Å². The number of hydrogen-bond acceptors (Lipinski definition) is 10. The first-order valence-corrected chi connectivity index (χ1v) is 19.9. The summed E-state index contributed by atoms with van der Waals surface area (Å²) in [5.41, 5.74) is 2.69. The van der Waals surface area contributed by atoms with Crippen LogP contribution in [0.15, 0.2) is 46.6 Å². The third-order valence-electron chi connectivity index (χ3n) is 4.97. The highest BCUT2D eigenvalue weighted by Gasteiger charge is 2.28. The molecule has 0 bridgehead atoms. The first-order chi connectivity index (χ1) is 20.5. The van der Waals surface area contributed by atoms with Gasteiger partial charge in [-0.3, -0.25) is 14.2 Å². The fourth-order valence-electron chi connectivity index (χ4n) is 3.24. The number of halogens is 5. The van der Waals surface area contributed by atoms with Crippen molar-refractivity contribution in [1.29, 1.82) is 0 Å². The van der Waals surface area contributed by atoms with Crippen molar-refractivity contribution in [3.63, 3.8) is 0 Å². The monoisotopic (exact) mass is 860 g/mol. The third-order valence-corrected chi connectivity index (χ3v) is 5.78. The summed E-state index contributed by atoms with van der Waals surface area (Å²) in [6.45, 7) is 4.00. The molecule has 0 radical (unpaired) electrons. The van der Waals surface area contributed by atoms with E-state index in [4.69, 9.17) is 20.3 Å². The second kappa shape index (κ2) is 20.0. The topological polar surface area (TPSA) is 127 Å². The van der Waals surface area contributed by atoms with Crippen molar-refractivity contribution in [2.75, 3.05) is 34.6 Å². The zero-order valence-electron chi connectivity index (χ0n) is 23.8. The average Bonchev–Trinajstić information content (AvgIpc) is 2.98. The standard InChI is InChI=1S/C13H13NO4.C12H11BrN2O3.CH3F.Br3P/c1-3-18-13(16)9-6-4-8-5-7-10(17-2)14-11(8)12(9)15;1-3-18-12(16)7-6-14-8-4-5-9(17-2)15-11(8)10(7)13;1-2;1-4(2)3/h5-7H,3-4H2,1-2H3;4-6H,3H2,1-2H3;1H3;/i;;1D;. The Morgan fingerprint density at radius 1 is 1.00 bits per heavy atom. The van der Waals surface area contributed by atoms with Crippen LogP contribution in [-0.4, -0.2) is 67.3 Å². The fourth-order valence-corrected chi connectivity index (χ4v) is 3.80. The van der Waals surface area contributed by atoms with Gasteiger partial charge in [0, 0.05) is 18.3 Å². The van der Waals surface area contributed by atoms with E-state index in [2.05, 4.69) is 77.3 Å². The average molecular weight is 864 g/mol. The van der Waals surface area contributed by atoms with Gasteiger partial charge in [-0.25, -0.2) is 19.6 Å². The highest BCUT2D eigenvalue weighted by molar-refractivity contribution is 9.93. The number of nitrogens with zero attached hydrogens (tertiary/aromatic N) is 3. The molecule has 0 amide bonds. The fraction of sp³-hybridized carbons (Fsp3) is 0.308. The number of hydrogen-bond donors (Lipinski definition) is 0. The van der Waals surface area contributed by atoms with Gasteiger partial charge >= 0.3 is 11.9 Å². The Hall–Kier alpha value is -2.06. The van der Waals surface area contributed by atoms with Gasteiger partial charge in [-0.1, -0.05) is 12.1 Å². The van der Waals surface area contributed by atoms with E-state index in [9.17, 15) is 18.8 Å². The molecule has 3 aromatic heterocycles. The molecule has 0 fully saturated rings. The Kier molecular flexibility index (Phi) is 17.2. The summed E-state index contributed by atoms with van der Waals surface area (Å²) < 4.78 is 35.7. The van der Waals surface area contributed by atoms with Gasteiger partial charge in [0.2, 0.25) is 17.5 Å². The highest BCUT2D eigenvalue weighted by atomic mass is 80.0. The Labute approximate surface area is 277 Å². The largest absolute Gasteiger partial charge is 0.481 e. The molecule has 42 heavy (non-hydrogen) atoms. The molecule has 4 rings (SSSR count). The van der Waals surface area contributed by atoms with Gasteiger partial charge in [-0.2, -0.15) is 0 Å². The van der Waals surface area contributed by atoms with Crippen molar-refractivity contribution in [3.8, 4) is 11.8 Å². The minimum absolute atomic E-state index is 0.0464. The Bertz CT molecular complexity index is 1430. The maximum Gasteiger partial charge on any atom is 0.341 e. The predicted octanol–water partition coefficient (Wildman–Crippen LogP) is 7.88. The van der Waals surface area contributed by atoms with Crippen LogP contribution >= 0.6 is 66.4 Å². The number of carbonyl (C=O) groups is 3. The first kappa shape index (κ1) is 36.1. The summed E-state index contributed by atoms with van der Waals surface area (Å²) >= 11 is 12.9. The van der Waals surface area contributed by atoms with Gasteiger partial charge in [0.15, 0.2) is 0 Å². The first-order valence-electron chi connectivity index (χ1n) is 12.4. The van der Waals surface area contributed by atoms with Crippen LogP contribution in [0, 0.1) is 0 Å². The Balaban J connectivity index is 0.000000354. The summed E-state index contributed by atoms with van der Waals surface area (Å²) in [5.74, 6) is -0.618. The van der Waals surface area contributed by atoms with Gasteiger partial charge in [0.05, 0.1) is 51.5 Å². The van der Waals surface area contributed by atoms with E-state index < -0.39 is 24.9 Å². The normalized spacial score (nSPS) is 11.6. The lowest BCUT2D eigenvalue weighted by molar-refractivity contribution is -0.138. The zero-order chi connectivity index (χ0) is 32.5. The van der Waals surface area contributed by atoms with Crippen molar-refractivity contribution < 1.29 is 39.1 Å². The molecular formula is C26H27Br4FN3O7P. The van der Waals surface area contributed by atoms with E-state index in [1.165, 1.54) is 20.4 Å². The minimum Gasteiger partial charge on any atom is -0.481 e. The number of Topliss-reactive ketones (excluding diaryl/α,β-unsaturated/α-hetero) is 1. The second-order valence-corrected chi connectivity index (χ2v) is 23.5. The minimum atomic E-state index is -1.00. The number of carbonyl (C=O) groups excluding carboxylic acids is 3. The number of fused-ring (bicyclic) bond motifs is 2. The third kappa shape index (κ3) is 11.2. The van der Waals surface area contributed by atoms with E-state index in [1.807, 2.05) is 0 Å². The molecule has 1 aliphatic rings. The van der Waals surface area contributed by atoms with Crippen LogP contribution in [0.25, 0.3) is 11.0 Å². The molecule has 16 heteroatoms. The number of alkyl halides is 1. The quantitative estimate of drug-likeness (QED) is 0.137. The Morgan fingerprint density at radius 3 is 2.12 bits per heavy atom. The molecule has 0 aromatic carbocycles. The molecule has 0 saturated carbocycles. The van der Waals surface area contributed by atoms with E-state index in [0.29, 0.717) is 45.9 Å². The van der Waals surface area contributed by atoms with Crippen LogP contribution in [0.2, 0.25) is 0 Å². The van der Waals surface area contributed by atoms with Crippen molar-refractivity contribution in [2.24, 2.45) is 0 Å². The maximum absolute atomic E-state index is 12.1. The smallest absolute Gasteiger partial charge is 0.341 e. The van der Waals surface area contributed by atoms with Crippen molar-refractivity contribution >= 4 is 95.2 Å². The second-order valence-electron chi connectivity index (χ2n) is 7.35. The van der Waals surface area contributed by atoms with Crippen molar-refractivity contribution in [1.82, 2.24) is 15.0 Å². The highest BCUT2D eigenvalue weighted by Crippen LogP contribution is 2.59. The lowest BCUT2D eigenvalue weighted by atomic mass is 9.94. The summed E-state index contributed by atoms with van der Waals surface area (Å²) in [6.07, 6.45) is 3.54. The summed E-state index contributed by atoms with van der Waals surface area (Å²) in [6, 6.07) is 6.96. The molecule has 0 atom stereocenters. The van der Waals surface area contributed by atoms with Gasteiger partial charge in [0.1, 0.15) is 20.8 Å². The van der Waals surface area contributed by atoms with Crippen LogP contribution in [0.5, 0.6) is 11.8 Å². The van der Waals surface area contributed by atoms with Crippen LogP contribution in [0.3, 0.4) is 0 Å². The molecule has 0 saturated heterocycles. The molecule has 0 unspecified atom stereocenters. The molecule has 1 aliphatic carbocycles. The van der Waals surface area contributed by atoms with E-state index >= 15 is 0 Å². The number of ketones is 1. The van der Waals surface area contributed by atoms with Crippen LogP contribution in [0.1, 0.15) is 41.6 Å². The molecule has 228 valence electrons. The number of rotatable bonds is 6. The van der Waals surface area contributed by atoms with Crippen LogP contribution in [-0.2, 0) is 20.7 Å². The number of methoxy groups -OCH3 is 2. The summed E-state index contributed by atoms with van der Waals surface area (Å²) in [7, 11) is 2.01. The number of pyridine rings is 3. The molecular weight excluding hydrogens is 836 g/mol. The number of allylic oxidation sites excluding steroid dienone is 1. The molecule has 10 nitrogen and oxygen atoms in total. The number of aromatic nitrogens is 3. The van der Waals surface area contributed by atoms with E-state index in [0.717, 1.165) is 5.56 Å². The van der Waals surface area contributed by atoms with Gasteiger partial charge in [-0.15, -0.1) is 0 Å². The number of esters is 2. The van der Waals surface area contributed by atoms with Crippen LogP contribution in [0.4, 0.5) is 4.39 Å². The summed E-state index contributed by atoms with van der Waals surface area (Å²) in [5, 5.41) is 0. The van der Waals surface area contributed by atoms with Crippen LogP contribution < -0.4 is 9.47 Å². The van der Waals surface area contributed by atoms with Gasteiger partial charge < -0.3 is 18.9 Å². The molecule has 0 aliphatic heterocycles. The lowest BCUT2D eigenvalue weighted by Gasteiger charge is -2.14. The molecule has 0 spiro atoms. The van der Waals surface area contributed by atoms with Crippen molar-refractivity contribution in [2.45, 2.75) is 20.3 Å². The molecule has 3 aromatic rings. The molecule has 0 N–H and O–H groups in total.